The number of carbonyl (C=O) groups excluding carboxylic acids is 2. The van der Waals surface area contributed by atoms with Gasteiger partial charge in [-0.1, -0.05) is 60.3 Å². The molecule has 28 heavy (non-hydrogen) atoms. The standard InChI is InChI=1S/C22H18N2O3S/c1-27-16-9-4-8-15(12-16)22-24-21(26)19(28-22)13-20(25)23-18-11-5-7-14-6-2-3-10-17(14)18/h2-12,19H,13H2,1H3,(H,23,25). The Morgan fingerprint density at radius 1 is 1.11 bits per heavy atom. The number of nitrogens with zero attached hydrogens (tertiary/aromatic N) is 1. The van der Waals surface area contributed by atoms with Crippen molar-refractivity contribution in [1.29, 1.82) is 0 Å². The first-order valence-corrected chi connectivity index (χ1v) is 9.73. The maximum Gasteiger partial charge on any atom is 0.260 e. The highest BCUT2D eigenvalue weighted by atomic mass is 32.2. The second-order valence-corrected chi connectivity index (χ2v) is 7.56. The fraction of sp³-hybridized carbons (Fsp3) is 0.136. The number of methoxy groups -OCH3 is 1. The maximum absolute atomic E-state index is 12.6. The summed E-state index contributed by atoms with van der Waals surface area (Å²) in [6, 6.07) is 21.0. The summed E-state index contributed by atoms with van der Waals surface area (Å²) in [6.45, 7) is 0. The number of ether oxygens (including phenoxy) is 1. The topological polar surface area (TPSA) is 67.8 Å². The van der Waals surface area contributed by atoms with Gasteiger partial charge >= 0.3 is 0 Å². The molecule has 140 valence electrons. The summed E-state index contributed by atoms with van der Waals surface area (Å²) in [5.74, 6) is 0.214. The van der Waals surface area contributed by atoms with E-state index in [-0.39, 0.29) is 18.2 Å². The molecule has 1 aliphatic heterocycles. The van der Waals surface area contributed by atoms with Crippen molar-refractivity contribution in [2.75, 3.05) is 12.4 Å². The number of hydrogen-bond donors (Lipinski definition) is 1. The van der Waals surface area contributed by atoms with Crippen LogP contribution in [0, 0.1) is 0 Å². The van der Waals surface area contributed by atoms with Crippen molar-refractivity contribution in [3.8, 4) is 5.75 Å². The molecule has 2 amide bonds. The van der Waals surface area contributed by atoms with Crippen molar-refractivity contribution in [3.05, 3.63) is 72.3 Å². The molecule has 1 N–H and O–H groups in total. The van der Waals surface area contributed by atoms with Crippen molar-refractivity contribution in [3.63, 3.8) is 0 Å². The number of benzene rings is 3. The number of amides is 2. The van der Waals surface area contributed by atoms with Crippen LogP contribution in [0.3, 0.4) is 0 Å². The molecule has 1 atom stereocenters. The van der Waals surface area contributed by atoms with Crippen molar-refractivity contribution < 1.29 is 14.3 Å². The molecule has 5 nitrogen and oxygen atoms in total. The molecular weight excluding hydrogens is 372 g/mol. The summed E-state index contributed by atoms with van der Waals surface area (Å²) < 4.78 is 5.22. The molecule has 4 rings (SSSR count). The first-order chi connectivity index (χ1) is 13.6. The lowest BCUT2D eigenvalue weighted by Crippen LogP contribution is -2.21. The Bertz CT molecular complexity index is 1090. The van der Waals surface area contributed by atoms with Gasteiger partial charge in [-0.25, -0.2) is 4.99 Å². The van der Waals surface area contributed by atoms with Crippen LogP contribution >= 0.6 is 11.8 Å². The molecule has 0 radical (unpaired) electrons. The van der Waals surface area contributed by atoms with Gasteiger partial charge < -0.3 is 10.1 Å². The van der Waals surface area contributed by atoms with Gasteiger partial charge in [0.15, 0.2) is 0 Å². The fourth-order valence-corrected chi connectivity index (χ4v) is 4.17. The Hall–Kier alpha value is -3.12. The second-order valence-electron chi connectivity index (χ2n) is 6.37. The lowest BCUT2D eigenvalue weighted by Gasteiger charge is -2.11. The van der Waals surface area contributed by atoms with E-state index in [2.05, 4.69) is 10.3 Å². The fourth-order valence-electron chi connectivity index (χ4n) is 3.11. The van der Waals surface area contributed by atoms with E-state index < -0.39 is 5.25 Å². The molecule has 1 heterocycles. The zero-order valence-corrected chi connectivity index (χ0v) is 16.0. The molecule has 3 aromatic carbocycles. The molecule has 0 aromatic heterocycles. The van der Waals surface area contributed by atoms with Crippen LogP contribution in [0.1, 0.15) is 12.0 Å². The van der Waals surface area contributed by atoms with E-state index in [4.69, 9.17) is 4.74 Å². The largest absolute Gasteiger partial charge is 0.497 e. The Kier molecular flexibility index (Phi) is 5.12. The van der Waals surface area contributed by atoms with E-state index in [1.807, 2.05) is 66.7 Å². The third-order valence-corrected chi connectivity index (χ3v) is 5.70. The van der Waals surface area contributed by atoms with E-state index in [9.17, 15) is 9.59 Å². The van der Waals surface area contributed by atoms with Crippen LogP contribution in [-0.4, -0.2) is 29.2 Å². The predicted octanol–water partition coefficient (Wildman–Crippen LogP) is 4.27. The van der Waals surface area contributed by atoms with Crippen molar-refractivity contribution in [1.82, 2.24) is 0 Å². The predicted molar refractivity (Wildman–Crippen MR) is 113 cm³/mol. The van der Waals surface area contributed by atoms with Crippen LogP contribution in [0.15, 0.2) is 71.7 Å². The maximum atomic E-state index is 12.6. The third-order valence-electron chi connectivity index (χ3n) is 4.49. The van der Waals surface area contributed by atoms with Gasteiger partial charge in [0.1, 0.15) is 16.0 Å². The Morgan fingerprint density at radius 2 is 1.89 bits per heavy atom. The number of fused-ring (bicyclic) bond motifs is 1. The van der Waals surface area contributed by atoms with Gasteiger partial charge in [-0.2, -0.15) is 0 Å². The van der Waals surface area contributed by atoms with E-state index >= 15 is 0 Å². The molecule has 0 saturated carbocycles. The van der Waals surface area contributed by atoms with Crippen LogP contribution in [0.2, 0.25) is 0 Å². The third kappa shape index (κ3) is 3.77. The highest BCUT2D eigenvalue weighted by Crippen LogP contribution is 2.31. The lowest BCUT2D eigenvalue weighted by molar-refractivity contribution is -0.121. The van der Waals surface area contributed by atoms with Crippen LogP contribution < -0.4 is 10.1 Å². The smallest absolute Gasteiger partial charge is 0.260 e. The van der Waals surface area contributed by atoms with E-state index in [1.54, 1.807) is 7.11 Å². The molecular formula is C22H18N2O3S. The van der Waals surface area contributed by atoms with Crippen molar-refractivity contribution in [2.24, 2.45) is 4.99 Å². The number of thioether (sulfide) groups is 1. The Labute approximate surface area is 166 Å². The van der Waals surface area contributed by atoms with Gasteiger partial charge in [0.25, 0.3) is 5.91 Å². The monoisotopic (exact) mass is 390 g/mol. The molecule has 1 aliphatic rings. The van der Waals surface area contributed by atoms with Gasteiger partial charge in [0, 0.05) is 23.1 Å². The molecule has 6 heteroatoms. The zero-order valence-electron chi connectivity index (χ0n) is 15.2. The molecule has 3 aromatic rings. The second kappa shape index (κ2) is 7.86. The summed E-state index contributed by atoms with van der Waals surface area (Å²) in [5, 5.41) is 5.05. The number of rotatable bonds is 5. The summed E-state index contributed by atoms with van der Waals surface area (Å²) in [4.78, 5) is 29.0. The van der Waals surface area contributed by atoms with Gasteiger partial charge in [-0.3, -0.25) is 9.59 Å². The number of aliphatic imine (C=N–C) groups is 1. The first-order valence-electron chi connectivity index (χ1n) is 8.85. The van der Waals surface area contributed by atoms with Crippen molar-refractivity contribution in [2.45, 2.75) is 11.7 Å². The van der Waals surface area contributed by atoms with Gasteiger partial charge in [-0.05, 0) is 23.6 Å². The van der Waals surface area contributed by atoms with Gasteiger partial charge in [0.2, 0.25) is 5.91 Å². The molecule has 0 saturated heterocycles. The quantitative estimate of drug-likeness (QED) is 0.707. The number of anilines is 1. The minimum absolute atomic E-state index is 0.0731. The SMILES string of the molecule is COc1cccc(C2=NC(=O)C(CC(=O)Nc3cccc4ccccc34)S2)c1. The number of hydrogen-bond acceptors (Lipinski definition) is 4. The first kappa shape index (κ1) is 18.3. The minimum Gasteiger partial charge on any atom is -0.497 e. The van der Waals surface area contributed by atoms with Crippen molar-refractivity contribution >= 4 is 45.1 Å². The van der Waals surface area contributed by atoms with Gasteiger partial charge in [0.05, 0.1) is 7.11 Å². The highest BCUT2D eigenvalue weighted by Gasteiger charge is 2.31. The van der Waals surface area contributed by atoms with Crippen LogP contribution in [-0.2, 0) is 9.59 Å². The molecule has 0 aliphatic carbocycles. The van der Waals surface area contributed by atoms with E-state index in [0.29, 0.717) is 10.8 Å². The van der Waals surface area contributed by atoms with Crippen LogP contribution in [0.5, 0.6) is 5.75 Å². The average Bonchev–Trinajstić information content (AvgIpc) is 3.08. The zero-order chi connectivity index (χ0) is 19.5. The number of carbonyl (C=O) groups is 2. The summed E-state index contributed by atoms with van der Waals surface area (Å²) in [5.41, 5.74) is 1.56. The Balaban J connectivity index is 1.45. The van der Waals surface area contributed by atoms with Crippen LogP contribution in [0.4, 0.5) is 5.69 Å². The highest BCUT2D eigenvalue weighted by molar-refractivity contribution is 8.16. The van der Waals surface area contributed by atoms with Crippen LogP contribution in [0.25, 0.3) is 10.8 Å². The number of nitrogens with one attached hydrogen (secondary N) is 1. The normalized spacial score (nSPS) is 16.1. The lowest BCUT2D eigenvalue weighted by atomic mass is 10.1. The summed E-state index contributed by atoms with van der Waals surface area (Å²) in [7, 11) is 1.59. The van der Waals surface area contributed by atoms with E-state index in [1.165, 1.54) is 11.8 Å². The molecule has 0 spiro atoms. The summed E-state index contributed by atoms with van der Waals surface area (Å²) >= 11 is 1.32. The average molecular weight is 390 g/mol. The molecule has 1 unspecified atom stereocenters. The summed E-state index contributed by atoms with van der Waals surface area (Å²) in [6.07, 6.45) is 0.0731. The van der Waals surface area contributed by atoms with E-state index in [0.717, 1.165) is 22.0 Å². The molecule has 0 bridgehead atoms. The Morgan fingerprint density at radius 3 is 2.75 bits per heavy atom. The van der Waals surface area contributed by atoms with Gasteiger partial charge in [-0.15, -0.1) is 0 Å². The molecule has 0 fully saturated rings. The minimum atomic E-state index is -0.517.